The number of carbonyl (C=O) groups excluding carboxylic acids is 1. The minimum Gasteiger partial charge on any atom is -0.481 e. The zero-order valence-electron chi connectivity index (χ0n) is 18.3. The fourth-order valence-electron chi connectivity index (χ4n) is 6.13. The van der Waals surface area contributed by atoms with Gasteiger partial charge in [-0.2, -0.15) is 0 Å². The van der Waals surface area contributed by atoms with Crippen molar-refractivity contribution in [3.05, 3.63) is 71.3 Å². The third-order valence-corrected chi connectivity index (χ3v) is 7.58. The van der Waals surface area contributed by atoms with Gasteiger partial charge in [-0.05, 0) is 29.4 Å². The van der Waals surface area contributed by atoms with Crippen LogP contribution in [0.3, 0.4) is 0 Å². The van der Waals surface area contributed by atoms with Gasteiger partial charge in [0.2, 0.25) is 0 Å². The van der Waals surface area contributed by atoms with E-state index in [2.05, 4.69) is 0 Å². The molecule has 2 aromatic rings. The van der Waals surface area contributed by atoms with E-state index < -0.39 is 11.9 Å². The molecule has 0 spiro atoms. The zero-order chi connectivity index (χ0) is 21.6. The lowest BCUT2D eigenvalue weighted by molar-refractivity contribution is -0.142. The van der Waals surface area contributed by atoms with E-state index in [4.69, 9.17) is 0 Å². The summed E-state index contributed by atoms with van der Waals surface area (Å²) in [5.74, 6) is -0.184. The second kappa shape index (κ2) is 10.3. The van der Waals surface area contributed by atoms with Crippen LogP contribution in [0.5, 0.6) is 0 Å². The molecule has 3 nitrogen and oxygen atoms in total. The Kier molecular flexibility index (Phi) is 7.21. The van der Waals surface area contributed by atoms with Crippen molar-refractivity contribution in [3.63, 3.8) is 0 Å². The van der Waals surface area contributed by atoms with Gasteiger partial charge in [-0.15, -0.1) is 0 Å². The third-order valence-electron chi connectivity index (χ3n) is 7.58. The summed E-state index contributed by atoms with van der Waals surface area (Å²) in [4.78, 5) is 25.7. The Labute approximate surface area is 185 Å². The number of hydrogen-bond acceptors (Lipinski definition) is 2. The molecule has 4 rings (SSSR count). The molecule has 0 bridgehead atoms. The molecule has 31 heavy (non-hydrogen) atoms. The summed E-state index contributed by atoms with van der Waals surface area (Å²) in [5.41, 5.74) is 2.03. The number of carboxylic acid groups (broad SMARTS) is 1. The molecule has 0 saturated heterocycles. The molecule has 2 aromatic carbocycles. The fraction of sp³-hybridized carbons (Fsp3) is 0.500. The van der Waals surface area contributed by atoms with Crippen molar-refractivity contribution in [3.8, 4) is 0 Å². The minimum absolute atomic E-state index is 0.0431. The van der Waals surface area contributed by atoms with E-state index in [0.29, 0.717) is 23.0 Å². The normalized spacial score (nSPS) is 19.3. The van der Waals surface area contributed by atoms with Crippen LogP contribution >= 0.6 is 0 Å². The van der Waals surface area contributed by atoms with Gasteiger partial charge in [-0.25, -0.2) is 0 Å². The van der Waals surface area contributed by atoms with Gasteiger partial charge < -0.3 is 5.11 Å². The van der Waals surface area contributed by atoms with Gasteiger partial charge >= 0.3 is 5.97 Å². The molecule has 2 aliphatic rings. The maximum Gasteiger partial charge on any atom is 0.311 e. The highest BCUT2D eigenvalue weighted by molar-refractivity contribution is 6.09. The molecular weight excluding hydrogens is 384 g/mol. The molecule has 1 atom stereocenters. The van der Waals surface area contributed by atoms with E-state index in [0.717, 1.165) is 31.2 Å². The number of aliphatic carboxylic acids is 1. The van der Waals surface area contributed by atoms with Gasteiger partial charge in [-0.1, -0.05) is 113 Å². The highest BCUT2D eigenvalue weighted by atomic mass is 16.4. The Morgan fingerprint density at radius 1 is 0.710 bits per heavy atom. The third kappa shape index (κ3) is 5.08. The van der Waals surface area contributed by atoms with Crippen LogP contribution in [-0.4, -0.2) is 16.9 Å². The number of rotatable bonds is 7. The van der Waals surface area contributed by atoms with Crippen LogP contribution < -0.4 is 0 Å². The molecule has 2 saturated carbocycles. The van der Waals surface area contributed by atoms with Gasteiger partial charge in [0, 0.05) is 11.1 Å². The minimum atomic E-state index is -0.731. The number of carbonyl (C=O) groups is 2. The summed E-state index contributed by atoms with van der Waals surface area (Å²) < 4.78 is 0. The number of carboxylic acids is 1. The van der Waals surface area contributed by atoms with Crippen molar-refractivity contribution in [1.29, 1.82) is 0 Å². The van der Waals surface area contributed by atoms with E-state index in [9.17, 15) is 14.7 Å². The average molecular weight is 419 g/mol. The first-order valence-corrected chi connectivity index (χ1v) is 12.1. The smallest absolute Gasteiger partial charge is 0.311 e. The fourth-order valence-corrected chi connectivity index (χ4v) is 6.13. The van der Waals surface area contributed by atoms with Crippen LogP contribution in [0.2, 0.25) is 0 Å². The number of ketones is 1. The van der Waals surface area contributed by atoms with Crippen molar-refractivity contribution in [2.75, 3.05) is 0 Å². The number of hydrogen-bond donors (Lipinski definition) is 1. The first-order chi connectivity index (χ1) is 15.1. The highest BCUT2D eigenvalue weighted by Crippen LogP contribution is 2.47. The van der Waals surface area contributed by atoms with E-state index in [1.54, 1.807) is 0 Å². The lowest BCUT2D eigenvalue weighted by atomic mass is 9.63. The van der Waals surface area contributed by atoms with Gasteiger partial charge in [0.1, 0.15) is 0 Å². The summed E-state index contributed by atoms with van der Waals surface area (Å²) in [5, 5.41) is 10.4. The van der Waals surface area contributed by atoms with E-state index >= 15 is 0 Å². The molecule has 1 unspecified atom stereocenters. The monoisotopic (exact) mass is 418 g/mol. The van der Waals surface area contributed by atoms with Crippen molar-refractivity contribution in [2.24, 2.45) is 17.8 Å². The quantitative estimate of drug-likeness (QED) is 0.500. The standard InChI is InChI=1S/C28H34O3/c29-27(22-15-8-3-9-16-22)24-18-10-17-23(19-24)26(28(30)31)25(20-11-4-1-5-12-20)21-13-6-2-7-14-21/h3,8-10,15-21,25-26H,1-2,4-7,11-14H2,(H,30,31). The maximum atomic E-state index is 13.0. The van der Waals surface area contributed by atoms with Crippen LogP contribution in [0.1, 0.15) is 91.6 Å². The molecule has 3 heteroatoms. The van der Waals surface area contributed by atoms with Crippen LogP contribution in [0, 0.1) is 17.8 Å². The lowest BCUT2D eigenvalue weighted by Crippen LogP contribution is -2.36. The summed E-state index contributed by atoms with van der Waals surface area (Å²) in [6, 6.07) is 16.7. The summed E-state index contributed by atoms with van der Waals surface area (Å²) in [7, 11) is 0. The van der Waals surface area contributed by atoms with Crippen LogP contribution in [-0.2, 0) is 4.79 Å². The average Bonchev–Trinajstić information content (AvgIpc) is 2.83. The largest absolute Gasteiger partial charge is 0.481 e. The van der Waals surface area contributed by atoms with Crippen molar-refractivity contribution in [1.82, 2.24) is 0 Å². The predicted molar refractivity (Wildman–Crippen MR) is 123 cm³/mol. The van der Waals surface area contributed by atoms with Gasteiger partial charge in [0.25, 0.3) is 0 Å². The second-order valence-electron chi connectivity index (χ2n) is 9.51. The molecule has 0 radical (unpaired) electrons. The van der Waals surface area contributed by atoms with Crippen LogP contribution in [0.4, 0.5) is 0 Å². The van der Waals surface area contributed by atoms with Crippen molar-refractivity contribution < 1.29 is 14.7 Å². The van der Waals surface area contributed by atoms with Crippen LogP contribution in [0.25, 0.3) is 0 Å². The topological polar surface area (TPSA) is 54.4 Å². The van der Waals surface area contributed by atoms with Crippen molar-refractivity contribution >= 4 is 11.8 Å². The summed E-state index contributed by atoms with van der Waals surface area (Å²) in [6.07, 6.45) is 12.0. The van der Waals surface area contributed by atoms with E-state index in [-0.39, 0.29) is 11.7 Å². The van der Waals surface area contributed by atoms with E-state index in [1.165, 1.54) is 38.5 Å². The Hall–Kier alpha value is -2.42. The van der Waals surface area contributed by atoms with E-state index in [1.807, 2.05) is 54.6 Å². The molecule has 0 aromatic heterocycles. The van der Waals surface area contributed by atoms with Crippen molar-refractivity contribution in [2.45, 2.75) is 70.1 Å². The molecule has 0 aliphatic heterocycles. The lowest BCUT2D eigenvalue weighted by Gasteiger charge is -2.41. The zero-order valence-corrected chi connectivity index (χ0v) is 18.3. The Bertz CT molecular complexity index is 858. The highest BCUT2D eigenvalue weighted by Gasteiger charge is 2.41. The molecule has 0 heterocycles. The molecule has 164 valence electrons. The Morgan fingerprint density at radius 3 is 1.81 bits per heavy atom. The molecular formula is C28H34O3. The molecule has 1 N–H and O–H groups in total. The Balaban J connectivity index is 1.69. The Morgan fingerprint density at radius 2 is 1.26 bits per heavy atom. The first-order valence-electron chi connectivity index (χ1n) is 12.1. The van der Waals surface area contributed by atoms with Gasteiger partial charge in [-0.3, -0.25) is 9.59 Å². The maximum absolute atomic E-state index is 13.0. The van der Waals surface area contributed by atoms with Crippen LogP contribution in [0.15, 0.2) is 54.6 Å². The van der Waals surface area contributed by atoms with Gasteiger partial charge in [0.15, 0.2) is 5.78 Å². The summed E-state index contributed by atoms with van der Waals surface area (Å²) >= 11 is 0. The SMILES string of the molecule is O=C(c1ccccc1)c1cccc(C(C(=O)O)C(C2CCCCC2)C2CCCCC2)c1. The summed E-state index contributed by atoms with van der Waals surface area (Å²) in [6.45, 7) is 0. The van der Waals surface area contributed by atoms with Gasteiger partial charge in [0.05, 0.1) is 5.92 Å². The predicted octanol–water partition coefficient (Wildman–Crippen LogP) is 6.86. The molecule has 2 fully saturated rings. The number of benzene rings is 2. The molecule has 2 aliphatic carbocycles. The first kappa shape index (κ1) is 21.8. The molecule has 0 amide bonds. The second-order valence-corrected chi connectivity index (χ2v) is 9.51.